The van der Waals surface area contributed by atoms with Gasteiger partial charge in [0, 0.05) is 19.4 Å². The van der Waals surface area contributed by atoms with Gasteiger partial charge in [-0.15, -0.1) is 0 Å². The molecule has 0 rings (SSSR count). The molecule has 0 amide bonds. The van der Waals surface area contributed by atoms with Crippen molar-refractivity contribution in [1.29, 1.82) is 0 Å². The van der Waals surface area contributed by atoms with Crippen molar-refractivity contribution in [3.8, 4) is 0 Å². The zero-order valence-electron chi connectivity index (χ0n) is 43.5. The number of ether oxygens (including phenoxy) is 2. The van der Waals surface area contributed by atoms with Gasteiger partial charge in [-0.05, 0) is 44.9 Å². The van der Waals surface area contributed by atoms with Crippen LogP contribution in [0.15, 0.2) is 24.3 Å². The average molecular weight is 954 g/mol. The van der Waals surface area contributed by atoms with Crippen LogP contribution >= 0.6 is 7.82 Å². The molecule has 0 spiro atoms. The predicted octanol–water partition coefficient (Wildman–Crippen LogP) is 17.5. The van der Waals surface area contributed by atoms with E-state index in [-0.39, 0.29) is 38.6 Å². The van der Waals surface area contributed by atoms with Gasteiger partial charge in [0.15, 0.2) is 6.10 Å². The first-order chi connectivity index (χ1) is 32.3. The van der Waals surface area contributed by atoms with Crippen LogP contribution in [0.3, 0.4) is 0 Å². The molecule has 9 nitrogen and oxygen atoms in total. The number of phosphoric ester groups is 1. The summed E-state index contributed by atoms with van der Waals surface area (Å²) in [5.74, 6) is -0.817. The van der Waals surface area contributed by atoms with Crippen molar-refractivity contribution in [2.75, 3.05) is 26.4 Å². The first-order valence-corrected chi connectivity index (χ1v) is 29.8. The van der Waals surface area contributed by atoms with E-state index in [0.717, 1.165) is 51.4 Å². The monoisotopic (exact) mass is 954 g/mol. The summed E-state index contributed by atoms with van der Waals surface area (Å²) in [5.41, 5.74) is 5.38. The Morgan fingerprint density at radius 1 is 0.455 bits per heavy atom. The number of nitrogens with two attached hydrogens (primary N) is 1. The molecule has 0 aromatic carbocycles. The average Bonchev–Trinajstić information content (AvgIpc) is 3.31. The summed E-state index contributed by atoms with van der Waals surface area (Å²) < 4.78 is 33.0. The van der Waals surface area contributed by atoms with Gasteiger partial charge in [0.1, 0.15) is 6.61 Å². The van der Waals surface area contributed by atoms with Gasteiger partial charge in [0.05, 0.1) is 13.2 Å². The fourth-order valence-corrected chi connectivity index (χ4v) is 9.14. The highest BCUT2D eigenvalue weighted by Crippen LogP contribution is 2.43. The zero-order valence-corrected chi connectivity index (χ0v) is 44.3. The van der Waals surface area contributed by atoms with Crippen LogP contribution in [0.5, 0.6) is 0 Å². The van der Waals surface area contributed by atoms with E-state index in [4.69, 9.17) is 24.3 Å². The molecule has 390 valence electrons. The number of allylic oxidation sites excluding steroid dienone is 4. The molecule has 0 fully saturated rings. The van der Waals surface area contributed by atoms with Gasteiger partial charge in [0.25, 0.3) is 0 Å². The van der Waals surface area contributed by atoms with Gasteiger partial charge < -0.3 is 20.1 Å². The number of carbonyl (C=O) groups excluding carboxylic acids is 2. The minimum atomic E-state index is -4.38. The molecule has 0 aliphatic rings. The molecule has 0 aromatic rings. The normalized spacial score (nSPS) is 13.2. The molecule has 0 aliphatic heterocycles. The highest BCUT2D eigenvalue weighted by atomic mass is 31.2. The summed E-state index contributed by atoms with van der Waals surface area (Å²) in [5, 5.41) is 0. The van der Waals surface area contributed by atoms with Crippen LogP contribution in [-0.4, -0.2) is 49.3 Å². The summed E-state index contributed by atoms with van der Waals surface area (Å²) in [6.45, 7) is 3.77. The maximum atomic E-state index is 12.7. The molecule has 0 radical (unpaired) electrons. The van der Waals surface area contributed by atoms with E-state index in [1.807, 2.05) is 0 Å². The van der Waals surface area contributed by atoms with Crippen molar-refractivity contribution in [2.45, 2.75) is 296 Å². The van der Waals surface area contributed by atoms with Gasteiger partial charge in [0.2, 0.25) is 0 Å². The molecule has 0 saturated heterocycles. The predicted molar refractivity (Wildman–Crippen MR) is 280 cm³/mol. The third-order valence-corrected chi connectivity index (χ3v) is 13.6. The Morgan fingerprint density at radius 2 is 0.788 bits per heavy atom. The number of hydrogen-bond acceptors (Lipinski definition) is 8. The number of esters is 2. The third kappa shape index (κ3) is 51.9. The number of unbranched alkanes of at least 4 members (excludes halogenated alkanes) is 37. The van der Waals surface area contributed by atoms with E-state index < -0.39 is 26.5 Å². The summed E-state index contributed by atoms with van der Waals surface area (Å²) in [6, 6.07) is 0. The van der Waals surface area contributed by atoms with Gasteiger partial charge >= 0.3 is 19.8 Å². The van der Waals surface area contributed by atoms with E-state index in [2.05, 4.69) is 38.2 Å². The van der Waals surface area contributed by atoms with Crippen molar-refractivity contribution >= 4 is 19.8 Å². The van der Waals surface area contributed by atoms with Crippen LogP contribution in [0.4, 0.5) is 0 Å². The second kappa shape index (κ2) is 52.9. The second-order valence-electron chi connectivity index (χ2n) is 19.2. The van der Waals surface area contributed by atoms with Crippen LogP contribution in [0.2, 0.25) is 0 Å². The summed E-state index contributed by atoms with van der Waals surface area (Å²) in [4.78, 5) is 35.1. The largest absolute Gasteiger partial charge is 0.472 e. The maximum absolute atomic E-state index is 12.7. The molecule has 0 saturated carbocycles. The van der Waals surface area contributed by atoms with Gasteiger partial charge in [-0.3, -0.25) is 18.6 Å². The molecule has 2 unspecified atom stereocenters. The summed E-state index contributed by atoms with van der Waals surface area (Å²) in [7, 11) is -4.38. The summed E-state index contributed by atoms with van der Waals surface area (Å²) >= 11 is 0. The van der Waals surface area contributed by atoms with Crippen LogP contribution in [0, 0.1) is 0 Å². The number of phosphoric acid groups is 1. The Labute approximate surface area is 408 Å². The first kappa shape index (κ1) is 64.5. The van der Waals surface area contributed by atoms with E-state index >= 15 is 0 Å². The number of rotatable bonds is 54. The van der Waals surface area contributed by atoms with Gasteiger partial charge in [-0.1, -0.05) is 256 Å². The van der Waals surface area contributed by atoms with Crippen LogP contribution in [-0.2, 0) is 32.7 Å². The Morgan fingerprint density at radius 3 is 1.18 bits per heavy atom. The molecular weight excluding hydrogens is 846 g/mol. The van der Waals surface area contributed by atoms with E-state index in [0.29, 0.717) is 6.42 Å². The fraction of sp³-hybridized carbons (Fsp3) is 0.893. The third-order valence-electron chi connectivity index (χ3n) is 12.6. The Bertz CT molecular complexity index is 1130. The summed E-state index contributed by atoms with van der Waals surface area (Å²) in [6.07, 6.45) is 60.9. The number of carbonyl (C=O) groups is 2. The van der Waals surface area contributed by atoms with Crippen molar-refractivity contribution in [3.05, 3.63) is 24.3 Å². The van der Waals surface area contributed by atoms with E-state index in [9.17, 15) is 19.0 Å². The lowest BCUT2D eigenvalue weighted by atomic mass is 10.0. The molecule has 0 bridgehead atoms. The smallest absolute Gasteiger partial charge is 0.462 e. The van der Waals surface area contributed by atoms with Crippen molar-refractivity contribution in [2.24, 2.45) is 5.73 Å². The molecule has 0 heterocycles. The lowest BCUT2D eigenvalue weighted by molar-refractivity contribution is -0.161. The Kier molecular flexibility index (Phi) is 51.6. The first-order valence-electron chi connectivity index (χ1n) is 28.3. The Hall–Kier alpha value is -1.51. The van der Waals surface area contributed by atoms with E-state index in [1.165, 1.54) is 205 Å². The van der Waals surface area contributed by atoms with E-state index in [1.54, 1.807) is 0 Å². The number of hydrogen-bond donors (Lipinski definition) is 2. The topological polar surface area (TPSA) is 134 Å². The van der Waals surface area contributed by atoms with Crippen molar-refractivity contribution in [1.82, 2.24) is 0 Å². The van der Waals surface area contributed by atoms with Gasteiger partial charge in [-0.25, -0.2) is 4.57 Å². The highest BCUT2D eigenvalue weighted by Gasteiger charge is 2.26. The van der Waals surface area contributed by atoms with Crippen molar-refractivity contribution < 1.29 is 37.6 Å². The highest BCUT2D eigenvalue weighted by molar-refractivity contribution is 7.47. The molecule has 0 aliphatic carbocycles. The lowest BCUT2D eigenvalue weighted by Crippen LogP contribution is -2.29. The lowest BCUT2D eigenvalue weighted by Gasteiger charge is -2.19. The minimum Gasteiger partial charge on any atom is -0.462 e. The molecule has 3 N–H and O–H groups in total. The standard InChI is InChI=1S/C56H108NO8P/c1-3-5-7-9-11-13-15-17-19-21-23-24-25-26-27-28-29-31-32-34-36-38-40-42-44-46-48-55(58)62-52-54(53-64-66(60,61)63-51-50-57)65-56(59)49-47-45-43-41-39-37-35-33-30-22-20-18-16-14-12-10-8-6-4-2/h12,14,18,20,54H,3-11,13,15-17,19,21-53,57H2,1-2H3,(H,60,61)/b14-12-,20-18-. The molecular formula is C56H108NO8P. The molecule has 0 aromatic heterocycles. The van der Waals surface area contributed by atoms with Crippen molar-refractivity contribution in [3.63, 3.8) is 0 Å². The second-order valence-corrected chi connectivity index (χ2v) is 20.6. The van der Waals surface area contributed by atoms with Crippen LogP contribution in [0.1, 0.15) is 290 Å². The fourth-order valence-electron chi connectivity index (χ4n) is 8.37. The molecule has 66 heavy (non-hydrogen) atoms. The van der Waals surface area contributed by atoms with Crippen LogP contribution < -0.4 is 5.73 Å². The SMILES string of the molecule is CCCCC/C=C\C/C=C\CCCCCCCCCCCC(=O)OC(COC(=O)CCCCCCCCCCCCCCCCCCCCCCCCCCCC)COP(=O)(O)OCCN. The molecule has 2 atom stereocenters. The van der Waals surface area contributed by atoms with Crippen LogP contribution in [0.25, 0.3) is 0 Å². The maximum Gasteiger partial charge on any atom is 0.472 e. The zero-order chi connectivity index (χ0) is 48.1. The minimum absolute atomic E-state index is 0.0547. The molecule has 10 heteroatoms. The quantitative estimate of drug-likeness (QED) is 0.0264. The van der Waals surface area contributed by atoms with Gasteiger partial charge in [-0.2, -0.15) is 0 Å². The Balaban J connectivity index is 3.92.